The highest BCUT2D eigenvalue weighted by Crippen LogP contribution is 2.41. The van der Waals surface area contributed by atoms with Gasteiger partial charge in [0.15, 0.2) is 6.29 Å². The van der Waals surface area contributed by atoms with E-state index in [1.807, 2.05) is 30.3 Å². The van der Waals surface area contributed by atoms with Gasteiger partial charge >= 0.3 is 0 Å². The Morgan fingerprint density at radius 1 is 0.821 bits per heavy atom. The van der Waals surface area contributed by atoms with Gasteiger partial charge in [-0.3, -0.25) is 19.3 Å². The highest BCUT2D eigenvalue weighted by molar-refractivity contribution is 6.23. The van der Waals surface area contributed by atoms with Crippen molar-refractivity contribution in [2.24, 2.45) is 0 Å². The number of likely N-dealkylation sites (tertiary alicyclic amines) is 1. The number of β-lactam (4-membered cyclic amide) rings is 1. The number of benzene rings is 2. The Balaban J connectivity index is 1.70. The summed E-state index contributed by atoms with van der Waals surface area (Å²) in [6, 6.07) is 14.6. The monoisotopic (exact) mass is 380 g/mol. The summed E-state index contributed by atoms with van der Waals surface area (Å²) in [6.07, 6.45) is -0.599. The van der Waals surface area contributed by atoms with Crippen molar-refractivity contribution in [1.29, 1.82) is 0 Å². The molecule has 7 nitrogen and oxygen atoms in total. The molecule has 2 aliphatic rings. The van der Waals surface area contributed by atoms with Crippen molar-refractivity contribution >= 4 is 17.7 Å². The maximum absolute atomic E-state index is 13.0. The highest BCUT2D eigenvalue weighted by Gasteiger charge is 2.57. The zero-order valence-corrected chi connectivity index (χ0v) is 15.6. The predicted molar refractivity (Wildman–Crippen MR) is 99.4 cm³/mol. The van der Waals surface area contributed by atoms with Crippen molar-refractivity contribution < 1.29 is 23.9 Å². The number of imide groups is 1. The lowest BCUT2D eigenvalue weighted by molar-refractivity contribution is -0.173. The van der Waals surface area contributed by atoms with Crippen LogP contribution in [-0.4, -0.2) is 60.6 Å². The molecule has 0 spiro atoms. The van der Waals surface area contributed by atoms with Gasteiger partial charge in [-0.15, -0.1) is 0 Å². The minimum absolute atomic E-state index is 0.199. The summed E-state index contributed by atoms with van der Waals surface area (Å²) in [6.45, 7) is 0.199. The molecule has 0 aromatic heterocycles. The molecule has 0 unspecified atom stereocenters. The molecular formula is C21H20N2O5. The standard InChI is InChI=1S/C21H20N2O5/c1-27-16(28-2)12-22-17(13-8-4-3-5-9-13)18(21(22)26)23-19(24)14-10-6-7-11-15(14)20(23)25/h3-11,16-18H,12H2,1-2H3/t17-,18+/m0/s1. The van der Waals surface area contributed by atoms with Crippen molar-refractivity contribution in [2.75, 3.05) is 20.8 Å². The molecule has 1 fully saturated rings. The summed E-state index contributed by atoms with van der Waals surface area (Å²) in [4.78, 5) is 41.5. The van der Waals surface area contributed by atoms with Crippen molar-refractivity contribution in [3.63, 3.8) is 0 Å². The number of hydrogen-bond acceptors (Lipinski definition) is 5. The number of hydrogen-bond donors (Lipinski definition) is 0. The Bertz CT molecular complexity index is 890. The second kappa shape index (κ2) is 7.18. The maximum Gasteiger partial charge on any atom is 0.262 e. The van der Waals surface area contributed by atoms with Gasteiger partial charge in [0, 0.05) is 14.2 Å². The minimum Gasteiger partial charge on any atom is -0.354 e. The van der Waals surface area contributed by atoms with Gasteiger partial charge in [-0.1, -0.05) is 42.5 Å². The summed E-state index contributed by atoms with van der Waals surface area (Å²) < 4.78 is 10.5. The van der Waals surface area contributed by atoms with Crippen LogP contribution < -0.4 is 0 Å². The van der Waals surface area contributed by atoms with E-state index in [0.29, 0.717) is 11.1 Å². The number of ether oxygens (including phenoxy) is 2. The summed E-state index contributed by atoms with van der Waals surface area (Å²) in [5, 5.41) is 0. The third-order valence-corrected chi connectivity index (χ3v) is 5.29. The summed E-state index contributed by atoms with van der Waals surface area (Å²) in [7, 11) is 3.00. The number of amides is 3. The van der Waals surface area contributed by atoms with E-state index in [4.69, 9.17) is 9.47 Å². The second-order valence-electron chi connectivity index (χ2n) is 6.72. The average molecular weight is 380 g/mol. The number of rotatable bonds is 6. The van der Waals surface area contributed by atoms with Crippen molar-refractivity contribution in [1.82, 2.24) is 9.80 Å². The van der Waals surface area contributed by atoms with Gasteiger partial charge in [-0.2, -0.15) is 0 Å². The fourth-order valence-electron chi connectivity index (χ4n) is 3.86. The zero-order chi connectivity index (χ0) is 19.8. The van der Waals surface area contributed by atoms with Gasteiger partial charge in [-0.05, 0) is 17.7 Å². The molecule has 1 saturated heterocycles. The number of carbonyl (C=O) groups is 3. The number of carbonyl (C=O) groups excluding carboxylic acids is 3. The first-order valence-electron chi connectivity index (χ1n) is 8.96. The fraction of sp³-hybridized carbons (Fsp3) is 0.286. The van der Waals surface area contributed by atoms with E-state index in [2.05, 4.69) is 0 Å². The van der Waals surface area contributed by atoms with Crippen LogP contribution in [0.3, 0.4) is 0 Å². The van der Waals surface area contributed by atoms with Crippen LogP contribution in [0.15, 0.2) is 54.6 Å². The van der Waals surface area contributed by atoms with E-state index >= 15 is 0 Å². The third kappa shape index (κ3) is 2.71. The summed E-state index contributed by atoms with van der Waals surface area (Å²) in [5.41, 5.74) is 1.50. The lowest BCUT2D eigenvalue weighted by Crippen LogP contribution is -2.67. The Morgan fingerprint density at radius 3 is 1.89 bits per heavy atom. The SMILES string of the molecule is COC(CN1C(=O)[C@H](N2C(=O)c3ccccc3C2=O)[C@@H]1c1ccccc1)OC. The Morgan fingerprint density at radius 2 is 1.36 bits per heavy atom. The molecule has 4 rings (SSSR count). The molecule has 0 saturated carbocycles. The van der Waals surface area contributed by atoms with Crippen molar-refractivity contribution in [3.8, 4) is 0 Å². The van der Waals surface area contributed by atoms with Crippen molar-refractivity contribution in [2.45, 2.75) is 18.4 Å². The number of nitrogens with zero attached hydrogens (tertiary/aromatic N) is 2. The lowest BCUT2D eigenvalue weighted by Gasteiger charge is -2.50. The van der Waals surface area contributed by atoms with E-state index in [-0.39, 0.29) is 12.5 Å². The van der Waals surface area contributed by atoms with Gasteiger partial charge in [0.05, 0.1) is 23.7 Å². The predicted octanol–water partition coefficient (Wildman–Crippen LogP) is 1.85. The van der Waals surface area contributed by atoms with Crippen LogP contribution in [0.5, 0.6) is 0 Å². The van der Waals surface area contributed by atoms with Crippen LogP contribution in [0.4, 0.5) is 0 Å². The van der Waals surface area contributed by atoms with Crippen LogP contribution >= 0.6 is 0 Å². The molecule has 7 heteroatoms. The van der Waals surface area contributed by atoms with Crippen LogP contribution in [0, 0.1) is 0 Å². The zero-order valence-electron chi connectivity index (χ0n) is 15.6. The molecule has 0 bridgehead atoms. The van der Waals surface area contributed by atoms with E-state index in [1.54, 1.807) is 29.2 Å². The van der Waals surface area contributed by atoms with Crippen molar-refractivity contribution in [3.05, 3.63) is 71.3 Å². The van der Waals surface area contributed by atoms with Crippen LogP contribution in [-0.2, 0) is 14.3 Å². The first kappa shape index (κ1) is 18.3. The quantitative estimate of drug-likeness (QED) is 0.434. The molecule has 2 heterocycles. The number of methoxy groups -OCH3 is 2. The van der Waals surface area contributed by atoms with E-state index in [1.165, 1.54) is 14.2 Å². The molecule has 2 aromatic rings. The second-order valence-corrected chi connectivity index (χ2v) is 6.72. The van der Waals surface area contributed by atoms with Gasteiger partial charge in [0.1, 0.15) is 6.04 Å². The summed E-state index contributed by atoms with van der Waals surface area (Å²) in [5.74, 6) is -1.17. The van der Waals surface area contributed by atoms with E-state index in [0.717, 1.165) is 10.5 Å². The molecule has 0 aliphatic carbocycles. The largest absolute Gasteiger partial charge is 0.354 e. The molecule has 144 valence electrons. The van der Waals surface area contributed by atoms with Gasteiger partial charge in [0.2, 0.25) is 5.91 Å². The first-order valence-corrected chi connectivity index (χ1v) is 8.96. The van der Waals surface area contributed by atoms with Gasteiger partial charge in [-0.25, -0.2) is 0 Å². The number of fused-ring (bicyclic) bond motifs is 1. The Kier molecular flexibility index (Phi) is 4.70. The summed E-state index contributed by atoms with van der Waals surface area (Å²) >= 11 is 0. The van der Waals surface area contributed by atoms with E-state index in [9.17, 15) is 14.4 Å². The topological polar surface area (TPSA) is 76.2 Å². The molecular weight excluding hydrogens is 360 g/mol. The lowest BCUT2D eigenvalue weighted by atomic mass is 9.87. The van der Waals surface area contributed by atoms with Gasteiger partial charge in [0.25, 0.3) is 11.8 Å². The first-order chi connectivity index (χ1) is 13.6. The molecule has 0 radical (unpaired) electrons. The van der Waals surface area contributed by atoms with E-state index < -0.39 is 30.2 Å². The minimum atomic E-state index is -0.885. The molecule has 28 heavy (non-hydrogen) atoms. The molecule has 3 amide bonds. The Hall–Kier alpha value is -3.03. The normalized spacial score (nSPS) is 21.3. The van der Waals surface area contributed by atoms with Crippen LogP contribution in [0.2, 0.25) is 0 Å². The molecule has 0 N–H and O–H groups in total. The molecule has 2 atom stereocenters. The fourth-order valence-corrected chi connectivity index (χ4v) is 3.86. The van der Waals surface area contributed by atoms with Crippen LogP contribution in [0.25, 0.3) is 0 Å². The third-order valence-electron chi connectivity index (χ3n) is 5.29. The Labute approximate surface area is 162 Å². The molecule has 2 aromatic carbocycles. The maximum atomic E-state index is 13.0. The van der Waals surface area contributed by atoms with Crippen LogP contribution in [0.1, 0.15) is 32.3 Å². The highest BCUT2D eigenvalue weighted by atomic mass is 16.7. The smallest absolute Gasteiger partial charge is 0.262 e. The molecule has 2 aliphatic heterocycles. The van der Waals surface area contributed by atoms with Gasteiger partial charge < -0.3 is 14.4 Å². The average Bonchev–Trinajstić information content (AvgIpc) is 2.98.